The maximum absolute atomic E-state index is 11.9. The van der Waals surface area contributed by atoms with Gasteiger partial charge < -0.3 is 10.1 Å². The van der Waals surface area contributed by atoms with Crippen LogP contribution in [0.4, 0.5) is 0 Å². The van der Waals surface area contributed by atoms with Crippen LogP contribution in [0, 0.1) is 0 Å². The van der Waals surface area contributed by atoms with Crippen molar-refractivity contribution in [1.82, 2.24) is 15.6 Å². The van der Waals surface area contributed by atoms with Gasteiger partial charge in [0.25, 0.3) is 5.91 Å². The number of carbonyl (C=O) groups is 1. The summed E-state index contributed by atoms with van der Waals surface area (Å²) in [4.78, 5) is 20.3. The van der Waals surface area contributed by atoms with Gasteiger partial charge >= 0.3 is 0 Å². The zero-order valence-electron chi connectivity index (χ0n) is 11.5. The molecule has 6 nitrogen and oxygen atoms in total. The fraction of sp³-hybridized carbons (Fsp3) is 0.462. The van der Waals surface area contributed by atoms with Crippen LogP contribution in [0.25, 0.3) is 0 Å². The number of nitrogens with one attached hydrogen (secondary N) is 2. The van der Waals surface area contributed by atoms with E-state index in [1.54, 1.807) is 25.4 Å². The molecule has 0 aromatic carbocycles. The molecule has 0 bridgehead atoms. The average Bonchev–Trinajstić information content (AvgIpc) is 2.68. The standard InChI is InChI=1S/C13H18N4O2/c1-13(2,3)17-12-15-10(11(18)16-12)8-5-6-9(19-4)14-7-8/h5-7,10H,1-4H3,(H2,15,16,17,18). The van der Waals surface area contributed by atoms with E-state index in [4.69, 9.17) is 4.74 Å². The molecule has 0 aliphatic carbocycles. The van der Waals surface area contributed by atoms with Gasteiger partial charge in [-0.05, 0) is 26.8 Å². The van der Waals surface area contributed by atoms with E-state index >= 15 is 0 Å². The molecule has 0 spiro atoms. The van der Waals surface area contributed by atoms with Crippen LogP contribution in [-0.4, -0.2) is 29.5 Å². The number of methoxy groups -OCH3 is 1. The third kappa shape index (κ3) is 3.21. The highest BCUT2D eigenvalue weighted by molar-refractivity contribution is 6.05. The summed E-state index contributed by atoms with van der Waals surface area (Å²) in [5.41, 5.74) is 0.586. The zero-order chi connectivity index (χ0) is 14.0. The summed E-state index contributed by atoms with van der Waals surface area (Å²) in [6.07, 6.45) is 1.60. The lowest BCUT2D eigenvalue weighted by atomic mass is 10.1. The Labute approximate surface area is 112 Å². The molecule has 1 atom stereocenters. The molecule has 2 heterocycles. The molecular formula is C13H18N4O2. The molecule has 0 radical (unpaired) electrons. The Hall–Kier alpha value is -2.11. The molecule has 19 heavy (non-hydrogen) atoms. The van der Waals surface area contributed by atoms with Crippen LogP contribution in [0.3, 0.4) is 0 Å². The van der Waals surface area contributed by atoms with Crippen molar-refractivity contribution >= 4 is 11.9 Å². The fourth-order valence-electron chi connectivity index (χ4n) is 1.72. The molecule has 1 aromatic heterocycles. The predicted octanol–water partition coefficient (Wildman–Crippen LogP) is 1.01. The van der Waals surface area contributed by atoms with Gasteiger partial charge in [0.15, 0.2) is 12.0 Å². The molecule has 6 heteroatoms. The fourth-order valence-corrected chi connectivity index (χ4v) is 1.72. The number of aromatic nitrogens is 1. The summed E-state index contributed by atoms with van der Waals surface area (Å²) in [5, 5.41) is 5.87. The molecule has 0 saturated heterocycles. The Morgan fingerprint density at radius 2 is 2.11 bits per heavy atom. The number of pyridine rings is 1. The average molecular weight is 262 g/mol. The van der Waals surface area contributed by atoms with Gasteiger partial charge in [-0.1, -0.05) is 0 Å². The van der Waals surface area contributed by atoms with E-state index in [2.05, 4.69) is 20.6 Å². The van der Waals surface area contributed by atoms with Crippen molar-refractivity contribution in [1.29, 1.82) is 0 Å². The number of aliphatic imine (C=N–C) groups is 1. The van der Waals surface area contributed by atoms with Crippen molar-refractivity contribution < 1.29 is 9.53 Å². The van der Waals surface area contributed by atoms with Crippen molar-refractivity contribution in [2.24, 2.45) is 4.99 Å². The van der Waals surface area contributed by atoms with Crippen LogP contribution in [0.2, 0.25) is 0 Å². The lowest BCUT2D eigenvalue weighted by molar-refractivity contribution is -0.120. The van der Waals surface area contributed by atoms with Crippen molar-refractivity contribution in [2.75, 3.05) is 7.11 Å². The SMILES string of the molecule is COc1ccc(C2N=C(NC(C)(C)C)NC2=O)cn1. The summed E-state index contributed by atoms with van der Waals surface area (Å²) in [7, 11) is 1.55. The number of ether oxygens (including phenoxy) is 1. The predicted molar refractivity (Wildman–Crippen MR) is 72.0 cm³/mol. The van der Waals surface area contributed by atoms with E-state index < -0.39 is 6.04 Å². The van der Waals surface area contributed by atoms with Gasteiger partial charge in [-0.15, -0.1) is 0 Å². The molecule has 1 aromatic rings. The van der Waals surface area contributed by atoms with Crippen LogP contribution in [0.5, 0.6) is 5.88 Å². The lowest BCUT2D eigenvalue weighted by Crippen LogP contribution is -2.46. The van der Waals surface area contributed by atoms with E-state index in [-0.39, 0.29) is 11.4 Å². The molecule has 1 aliphatic heterocycles. The van der Waals surface area contributed by atoms with E-state index in [1.165, 1.54) is 0 Å². The number of nitrogens with zero attached hydrogens (tertiary/aromatic N) is 2. The van der Waals surface area contributed by atoms with Gasteiger partial charge in [0.2, 0.25) is 5.88 Å². The first-order valence-electron chi connectivity index (χ1n) is 6.06. The van der Waals surface area contributed by atoms with Gasteiger partial charge in [-0.3, -0.25) is 10.1 Å². The van der Waals surface area contributed by atoms with Crippen LogP contribution >= 0.6 is 0 Å². The first-order valence-corrected chi connectivity index (χ1v) is 6.06. The first kappa shape index (κ1) is 13.3. The monoisotopic (exact) mass is 262 g/mol. The zero-order valence-corrected chi connectivity index (χ0v) is 11.5. The third-order valence-corrected chi connectivity index (χ3v) is 2.53. The number of hydrogen-bond acceptors (Lipinski definition) is 5. The maximum Gasteiger partial charge on any atom is 0.256 e. The van der Waals surface area contributed by atoms with E-state index in [0.717, 1.165) is 5.56 Å². The Balaban J connectivity index is 2.17. The molecule has 1 unspecified atom stereocenters. The third-order valence-electron chi connectivity index (χ3n) is 2.53. The number of guanidine groups is 1. The number of hydrogen-bond donors (Lipinski definition) is 2. The minimum absolute atomic E-state index is 0.154. The van der Waals surface area contributed by atoms with Gasteiger partial charge in [0.1, 0.15) is 0 Å². The summed E-state index contributed by atoms with van der Waals surface area (Å²) in [5.74, 6) is 0.858. The number of rotatable bonds is 2. The van der Waals surface area contributed by atoms with Crippen LogP contribution in [0.1, 0.15) is 32.4 Å². The molecule has 2 rings (SSSR count). The summed E-state index contributed by atoms with van der Waals surface area (Å²) in [6.45, 7) is 6.01. The topological polar surface area (TPSA) is 75.6 Å². The molecule has 0 saturated carbocycles. The van der Waals surface area contributed by atoms with Crippen LogP contribution < -0.4 is 15.4 Å². The first-order chi connectivity index (χ1) is 8.89. The second-order valence-electron chi connectivity index (χ2n) is 5.38. The van der Waals surface area contributed by atoms with Gasteiger partial charge in [-0.2, -0.15) is 0 Å². The van der Waals surface area contributed by atoms with Crippen molar-refractivity contribution in [3.8, 4) is 5.88 Å². The molecule has 102 valence electrons. The minimum atomic E-state index is -0.553. The van der Waals surface area contributed by atoms with Gasteiger partial charge in [0.05, 0.1) is 7.11 Å². The van der Waals surface area contributed by atoms with Crippen LogP contribution in [0.15, 0.2) is 23.3 Å². The quantitative estimate of drug-likeness (QED) is 0.834. The van der Waals surface area contributed by atoms with Crippen LogP contribution in [-0.2, 0) is 4.79 Å². The lowest BCUT2D eigenvalue weighted by Gasteiger charge is -2.21. The molecule has 2 N–H and O–H groups in total. The normalized spacial score (nSPS) is 18.8. The van der Waals surface area contributed by atoms with Crippen molar-refractivity contribution in [3.63, 3.8) is 0 Å². The molecular weight excluding hydrogens is 244 g/mol. The summed E-state index contributed by atoms with van der Waals surface area (Å²) in [6, 6.07) is 2.95. The van der Waals surface area contributed by atoms with E-state index in [0.29, 0.717) is 11.8 Å². The maximum atomic E-state index is 11.9. The Morgan fingerprint density at radius 3 is 2.63 bits per heavy atom. The smallest absolute Gasteiger partial charge is 0.256 e. The van der Waals surface area contributed by atoms with E-state index in [9.17, 15) is 4.79 Å². The number of carbonyl (C=O) groups excluding carboxylic acids is 1. The highest BCUT2D eigenvalue weighted by atomic mass is 16.5. The largest absolute Gasteiger partial charge is 0.481 e. The van der Waals surface area contributed by atoms with Crippen molar-refractivity contribution in [3.05, 3.63) is 23.9 Å². The summed E-state index contributed by atoms with van der Waals surface area (Å²) >= 11 is 0. The molecule has 1 aliphatic rings. The number of amides is 1. The highest BCUT2D eigenvalue weighted by Crippen LogP contribution is 2.22. The van der Waals surface area contributed by atoms with Gasteiger partial charge in [-0.25, -0.2) is 9.98 Å². The molecule has 1 amide bonds. The molecule has 0 fully saturated rings. The van der Waals surface area contributed by atoms with E-state index in [1.807, 2.05) is 20.8 Å². The highest BCUT2D eigenvalue weighted by Gasteiger charge is 2.29. The van der Waals surface area contributed by atoms with Crippen molar-refractivity contribution in [2.45, 2.75) is 32.4 Å². The Morgan fingerprint density at radius 1 is 1.37 bits per heavy atom. The Kier molecular flexibility index (Phi) is 3.42. The Bertz CT molecular complexity index is 502. The second kappa shape index (κ2) is 4.87. The summed E-state index contributed by atoms with van der Waals surface area (Å²) < 4.78 is 4.99. The second-order valence-corrected chi connectivity index (χ2v) is 5.38. The minimum Gasteiger partial charge on any atom is -0.481 e. The van der Waals surface area contributed by atoms with Gasteiger partial charge in [0, 0.05) is 23.4 Å².